The Labute approximate surface area is 218 Å². The molecule has 0 bridgehead atoms. The molecular formula is C27H31F4NO6. The first-order valence-corrected chi connectivity index (χ1v) is 12.2. The summed E-state index contributed by atoms with van der Waals surface area (Å²) in [6.07, 6.45) is -1.98. The molecule has 1 aliphatic carbocycles. The minimum Gasteiger partial charge on any atom is -0.478 e. The van der Waals surface area contributed by atoms with Crippen molar-refractivity contribution in [3.05, 3.63) is 53.3 Å². The van der Waals surface area contributed by atoms with Gasteiger partial charge in [0.2, 0.25) is 5.91 Å². The van der Waals surface area contributed by atoms with Crippen LogP contribution in [0.15, 0.2) is 36.4 Å². The molecule has 0 spiro atoms. The van der Waals surface area contributed by atoms with Crippen molar-refractivity contribution in [3.63, 3.8) is 0 Å². The molecule has 1 N–H and O–H groups in total. The molecule has 2 aromatic rings. The lowest BCUT2D eigenvalue weighted by molar-refractivity contribution is -0.138. The van der Waals surface area contributed by atoms with Gasteiger partial charge >= 0.3 is 12.1 Å². The Morgan fingerprint density at radius 1 is 1.03 bits per heavy atom. The molecule has 1 saturated carbocycles. The third-order valence-electron chi connectivity index (χ3n) is 6.64. The van der Waals surface area contributed by atoms with Crippen LogP contribution in [0.4, 0.5) is 23.2 Å². The highest BCUT2D eigenvalue weighted by Crippen LogP contribution is 2.40. The maximum absolute atomic E-state index is 15.4. The Bertz CT molecular complexity index is 1130. The molecule has 0 aliphatic heterocycles. The first-order valence-electron chi connectivity index (χ1n) is 12.2. The van der Waals surface area contributed by atoms with Crippen LogP contribution in [0, 0.1) is 17.7 Å². The Morgan fingerprint density at radius 3 is 2.18 bits per heavy atom. The summed E-state index contributed by atoms with van der Waals surface area (Å²) in [5.41, 5.74) is -1.92. The van der Waals surface area contributed by atoms with Crippen molar-refractivity contribution in [1.82, 2.24) is 0 Å². The van der Waals surface area contributed by atoms with E-state index < -0.39 is 58.5 Å². The summed E-state index contributed by atoms with van der Waals surface area (Å²) in [6.45, 7) is 2.03. The van der Waals surface area contributed by atoms with Gasteiger partial charge < -0.3 is 24.2 Å². The van der Waals surface area contributed by atoms with Gasteiger partial charge in [0.15, 0.2) is 11.6 Å². The van der Waals surface area contributed by atoms with Crippen molar-refractivity contribution in [2.24, 2.45) is 11.8 Å². The number of ether oxygens (including phenoxy) is 3. The smallest absolute Gasteiger partial charge is 0.419 e. The van der Waals surface area contributed by atoms with Crippen molar-refractivity contribution < 1.29 is 46.5 Å². The van der Waals surface area contributed by atoms with Gasteiger partial charge in [0.05, 0.1) is 36.1 Å². The number of benzene rings is 2. The molecule has 1 aliphatic rings. The fraction of sp³-hybridized carbons (Fsp3) is 0.481. The summed E-state index contributed by atoms with van der Waals surface area (Å²) in [5, 5.41) is 9.99. The molecule has 3 rings (SSSR count). The Kier molecular flexibility index (Phi) is 9.72. The zero-order valence-corrected chi connectivity index (χ0v) is 21.4. The summed E-state index contributed by atoms with van der Waals surface area (Å²) < 4.78 is 71.3. The minimum absolute atomic E-state index is 0.0272. The zero-order chi connectivity index (χ0) is 28.0. The fourth-order valence-electron chi connectivity index (χ4n) is 4.68. The van der Waals surface area contributed by atoms with Crippen LogP contribution in [0.2, 0.25) is 0 Å². The van der Waals surface area contributed by atoms with Crippen LogP contribution >= 0.6 is 0 Å². The molecule has 0 heterocycles. The number of amides is 1. The molecule has 38 heavy (non-hydrogen) atoms. The third kappa shape index (κ3) is 6.82. The van der Waals surface area contributed by atoms with Gasteiger partial charge in [-0.3, -0.25) is 4.79 Å². The van der Waals surface area contributed by atoms with E-state index in [2.05, 4.69) is 6.92 Å². The SMILES string of the molecule is COCC(COC)N(c1cc(F)c(Oc2ccccc2C(F)(F)F)cc1C(=O)O)C(=O)[C@H]1CC[C@H](C)CC1. The second-order valence-corrected chi connectivity index (χ2v) is 9.43. The number of rotatable bonds is 10. The standard InChI is InChI=1S/C27H31F4NO6/c1-16-8-10-17(11-9-16)25(33)32(18(14-36-2)15-37-3)22-13-21(28)24(12-19(22)26(34)35)38-23-7-5-4-6-20(23)27(29,30)31/h4-7,12-13,16-18H,8-11,14-15H2,1-3H3,(H,34,35)/t16-,17-. The maximum atomic E-state index is 15.4. The first kappa shape index (κ1) is 29.4. The van der Waals surface area contributed by atoms with Gasteiger partial charge in [-0.1, -0.05) is 19.1 Å². The number of hydrogen-bond donors (Lipinski definition) is 1. The number of alkyl halides is 3. The van der Waals surface area contributed by atoms with Crippen molar-refractivity contribution in [2.45, 2.75) is 44.8 Å². The van der Waals surface area contributed by atoms with E-state index in [1.54, 1.807) is 0 Å². The zero-order valence-electron chi connectivity index (χ0n) is 21.4. The average molecular weight is 542 g/mol. The number of carbonyl (C=O) groups excluding carboxylic acids is 1. The van der Waals surface area contributed by atoms with Crippen molar-refractivity contribution in [3.8, 4) is 11.5 Å². The quantitative estimate of drug-likeness (QED) is 0.363. The van der Waals surface area contributed by atoms with Gasteiger partial charge in [-0.2, -0.15) is 13.2 Å². The second kappa shape index (κ2) is 12.6. The molecule has 1 amide bonds. The number of hydrogen-bond acceptors (Lipinski definition) is 5. The van der Waals surface area contributed by atoms with Crippen LogP contribution < -0.4 is 9.64 Å². The van der Waals surface area contributed by atoms with Gasteiger partial charge in [0.25, 0.3) is 0 Å². The summed E-state index contributed by atoms with van der Waals surface area (Å²) in [4.78, 5) is 27.2. The third-order valence-corrected chi connectivity index (χ3v) is 6.64. The predicted octanol–water partition coefficient (Wildman–Crippen LogP) is 6.16. The number of carboxylic acid groups (broad SMARTS) is 1. The summed E-state index contributed by atoms with van der Waals surface area (Å²) in [5.74, 6) is -4.43. The number of nitrogens with zero attached hydrogens (tertiary/aromatic N) is 1. The van der Waals surface area contributed by atoms with Gasteiger partial charge in [-0.05, 0) is 43.7 Å². The fourth-order valence-corrected chi connectivity index (χ4v) is 4.68. The Balaban J connectivity index is 2.10. The molecule has 2 aromatic carbocycles. The lowest BCUT2D eigenvalue weighted by atomic mass is 9.82. The van der Waals surface area contributed by atoms with Crippen LogP contribution in [0.25, 0.3) is 0 Å². The van der Waals surface area contributed by atoms with Crippen LogP contribution in [0.5, 0.6) is 11.5 Å². The molecule has 208 valence electrons. The van der Waals surface area contributed by atoms with E-state index in [4.69, 9.17) is 14.2 Å². The number of aromatic carboxylic acids is 1. The molecule has 0 radical (unpaired) electrons. The molecule has 7 nitrogen and oxygen atoms in total. The molecule has 0 aromatic heterocycles. The second-order valence-electron chi connectivity index (χ2n) is 9.43. The summed E-state index contributed by atoms with van der Waals surface area (Å²) >= 11 is 0. The molecule has 0 saturated heterocycles. The number of carbonyl (C=O) groups is 2. The van der Waals surface area contributed by atoms with Crippen LogP contribution in [0.1, 0.15) is 48.5 Å². The van der Waals surface area contributed by atoms with Crippen molar-refractivity contribution >= 4 is 17.6 Å². The van der Waals surface area contributed by atoms with Gasteiger partial charge in [0.1, 0.15) is 5.75 Å². The van der Waals surface area contributed by atoms with E-state index in [1.165, 1.54) is 25.2 Å². The largest absolute Gasteiger partial charge is 0.478 e. The molecule has 0 unspecified atom stereocenters. The van der Waals surface area contributed by atoms with Crippen molar-refractivity contribution in [2.75, 3.05) is 32.3 Å². The molecule has 11 heteroatoms. The number of para-hydroxylation sites is 1. The summed E-state index contributed by atoms with van der Waals surface area (Å²) in [6, 6.07) is 5.01. The number of halogens is 4. The lowest BCUT2D eigenvalue weighted by Crippen LogP contribution is -2.49. The number of anilines is 1. The highest BCUT2D eigenvalue weighted by Gasteiger charge is 2.37. The van der Waals surface area contributed by atoms with Crippen LogP contribution in [0.3, 0.4) is 0 Å². The monoisotopic (exact) mass is 541 g/mol. The molecule has 0 atom stereocenters. The normalized spacial score (nSPS) is 17.9. The molecular weight excluding hydrogens is 510 g/mol. The first-order chi connectivity index (χ1) is 18.0. The minimum atomic E-state index is -4.78. The topological polar surface area (TPSA) is 85.3 Å². The Hall–Kier alpha value is -3.18. The van der Waals surface area contributed by atoms with Gasteiger partial charge in [0, 0.05) is 32.3 Å². The van der Waals surface area contributed by atoms with E-state index in [9.17, 15) is 27.9 Å². The predicted molar refractivity (Wildman–Crippen MR) is 131 cm³/mol. The maximum Gasteiger partial charge on any atom is 0.419 e. The van der Waals surface area contributed by atoms with E-state index in [1.807, 2.05) is 0 Å². The summed E-state index contributed by atoms with van der Waals surface area (Å²) in [7, 11) is 2.81. The Morgan fingerprint density at radius 2 is 1.63 bits per heavy atom. The number of methoxy groups -OCH3 is 2. The number of carboxylic acids is 1. The average Bonchev–Trinajstić information content (AvgIpc) is 2.86. The highest BCUT2D eigenvalue weighted by atomic mass is 19.4. The molecule has 1 fully saturated rings. The highest BCUT2D eigenvalue weighted by molar-refractivity contribution is 6.03. The van der Waals surface area contributed by atoms with Crippen LogP contribution in [-0.4, -0.2) is 50.5 Å². The van der Waals surface area contributed by atoms with E-state index in [-0.39, 0.29) is 18.9 Å². The van der Waals surface area contributed by atoms with E-state index in [0.29, 0.717) is 18.8 Å². The lowest BCUT2D eigenvalue weighted by Gasteiger charge is -2.36. The van der Waals surface area contributed by atoms with E-state index in [0.717, 1.165) is 43.2 Å². The van der Waals surface area contributed by atoms with E-state index >= 15 is 4.39 Å². The van der Waals surface area contributed by atoms with Crippen LogP contribution in [-0.2, 0) is 20.4 Å². The van der Waals surface area contributed by atoms with Gasteiger partial charge in [-0.15, -0.1) is 0 Å². The van der Waals surface area contributed by atoms with Crippen molar-refractivity contribution in [1.29, 1.82) is 0 Å². The van der Waals surface area contributed by atoms with Gasteiger partial charge in [-0.25, -0.2) is 9.18 Å².